The van der Waals surface area contributed by atoms with E-state index in [1.807, 2.05) is 49.5 Å². The first-order valence-electron chi connectivity index (χ1n) is 8.96. The van der Waals surface area contributed by atoms with E-state index in [0.717, 1.165) is 38.4 Å². The zero-order valence-electron chi connectivity index (χ0n) is 14.8. The van der Waals surface area contributed by atoms with Crippen molar-refractivity contribution in [3.05, 3.63) is 60.3 Å². The minimum Gasteiger partial charge on any atom is -0.354 e. The van der Waals surface area contributed by atoms with Gasteiger partial charge >= 0.3 is 0 Å². The second-order valence-corrected chi connectivity index (χ2v) is 6.41. The van der Waals surface area contributed by atoms with Crippen molar-refractivity contribution in [2.24, 2.45) is 0 Å². The van der Waals surface area contributed by atoms with Crippen molar-refractivity contribution < 1.29 is 4.79 Å². The molecule has 2 heterocycles. The zero-order chi connectivity index (χ0) is 17.5. The molecule has 1 aromatic carbocycles. The summed E-state index contributed by atoms with van der Waals surface area (Å²) in [5.74, 6) is 1.13. The molecule has 5 nitrogen and oxygen atoms in total. The van der Waals surface area contributed by atoms with Gasteiger partial charge in [-0.3, -0.25) is 9.69 Å². The van der Waals surface area contributed by atoms with Crippen LogP contribution in [0.3, 0.4) is 0 Å². The van der Waals surface area contributed by atoms with Crippen molar-refractivity contribution in [2.45, 2.75) is 19.4 Å². The highest BCUT2D eigenvalue weighted by atomic mass is 16.2. The predicted molar refractivity (Wildman–Crippen MR) is 101 cm³/mol. The predicted octanol–water partition coefficient (Wildman–Crippen LogP) is 1.95. The highest BCUT2D eigenvalue weighted by Crippen LogP contribution is 2.14. The average molecular weight is 338 g/mol. The number of pyridine rings is 1. The monoisotopic (exact) mass is 338 g/mol. The van der Waals surface area contributed by atoms with Gasteiger partial charge in [-0.1, -0.05) is 36.4 Å². The minimum atomic E-state index is -0.0957. The van der Waals surface area contributed by atoms with E-state index in [1.54, 1.807) is 0 Å². The van der Waals surface area contributed by atoms with Crippen LogP contribution in [0.1, 0.15) is 12.5 Å². The summed E-state index contributed by atoms with van der Waals surface area (Å²) in [6.45, 7) is 6.24. The fourth-order valence-electron chi connectivity index (χ4n) is 3.17. The summed E-state index contributed by atoms with van der Waals surface area (Å²) in [6, 6.07) is 16.1. The Bertz CT molecular complexity index is 654. The molecule has 25 heavy (non-hydrogen) atoms. The molecule has 1 aliphatic heterocycles. The van der Waals surface area contributed by atoms with Gasteiger partial charge in [-0.15, -0.1) is 0 Å². The van der Waals surface area contributed by atoms with E-state index in [9.17, 15) is 4.79 Å². The van der Waals surface area contributed by atoms with Crippen LogP contribution in [-0.4, -0.2) is 54.6 Å². The molecule has 3 rings (SSSR count). The number of rotatable bonds is 6. The Kier molecular flexibility index (Phi) is 6.01. The van der Waals surface area contributed by atoms with Gasteiger partial charge in [0.25, 0.3) is 0 Å². The van der Waals surface area contributed by atoms with E-state index in [-0.39, 0.29) is 11.9 Å². The lowest BCUT2D eigenvalue weighted by molar-refractivity contribution is -0.125. The Hall–Kier alpha value is -2.40. The summed E-state index contributed by atoms with van der Waals surface area (Å²) in [5.41, 5.74) is 1.25. The van der Waals surface area contributed by atoms with Crippen molar-refractivity contribution in [3.63, 3.8) is 0 Å². The summed E-state index contributed by atoms with van der Waals surface area (Å²) in [4.78, 5) is 21.3. The Morgan fingerprint density at radius 1 is 1.08 bits per heavy atom. The van der Waals surface area contributed by atoms with Crippen LogP contribution in [0.15, 0.2) is 54.7 Å². The lowest BCUT2D eigenvalue weighted by Gasteiger charge is -2.37. The van der Waals surface area contributed by atoms with Crippen LogP contribution >= 0.6 is 0 Å². The summed E-state index contributed by atoms with van der Waals surface area (Å²) in [7, 11) is 0. The van der Waals surface area contributed by atoms with E-state index in [4.69, 9.17) is 0 Å². The van der Waals surface area contributed by atoms with E-state index >= 15 is 0 Å². The number of amides is 1. The molecule has 1 N–H and O–H groups in total. The van der Waals surface area contributed by atoms with Gasteiger partial charge in [-0.25, -0.2) is 4.98 Å². The third-order valence-electron chi connectivity index (χ3n) is 4.77. The maximum Gasteiger partial charge on any atom is 0.237 e. The SMILES string of the molecule is CC(C(=O)NCCc1ccccc1)N1CCN(c2ccccn2)CC1. The van der Waals surface area contributed by atoms with Crippen LogP contribution in [0.5, 0.6) is 0 Å². The largest absolute Gasteiger partial charge is 0.354 e. The van der Waals surface area contributed by atoms with Gasteiger partial charge in [-0.2, -0.15) is 0 Å². The topological polar surface area (TPSA) is 48.5 Å². The van der Waals surface area contributed by atoms with E-state index in [0.29, 0.717) is 6.54 Å². The molecule has 2 aromatic rings. The number of piperazine rings is 1. The Labute approximate surface area is 149 Å². The number of anilines is 1. The lowest BCUT2D eigenvalue weighted by atomic mass is 10.1. The van der Waals surface area contributed by atoms with Crippen LogP contribution in [0.4, 0.5) is 5.82 Å². The number of carbonyl (C=O) groups is 1. The molecule has 0 bridgehead atoms. The van der Waals surface area contributed by atoms with E-state index in [1.165, 1.54) is 5.56 Å². The molecule has 1 amide bonds. The summed E-state index contributed by atoms with van der Waals surface area (Å²) in [6.07, 6.45) is 2.69. The normalized spacial score (nSPS) is 16.4. The van der Waals surface area contributed by atoms with Crippen LogP contribution in [0.2, 0.25) is 0 Å². The fraction of sp³-hybridized carbons (Fsp3) is 0.400. The standard InChI is InChI=1S/C20H26N4O/c1-17(20(25)22-12-10-18-7-3-2-4-8-18)23-13-15-24(16-14-23)19-9-5-6-11-21-19/h2-9,11,17H,10,12-16H2,1H3,(H,22,25). The van der Waals surface area contributed by atoms with Gasteiger partial charge < -0.3 is 10.2 Å². The Morgan fingerprint density at radius 3 is 2.48 bits per heavy atom. The highest BCUT2D eigenvalue weighted by molar-refractivity contribution is 5.81. The number of benzene rings is 1. The second-order valence-electron chi connectivity index (χ2n) is 6.41. The van der Waals surface area contributed by atoms with Crippen molar-refractivity contribution in [3.8, 4) is 0 Å². The Balaban J connectivity index is 1.42. The van der Waals surface area contributed by atoms with Gasteiger partial charge in [0.1, 0.15) is 5.82 Å². The lowest BCUT2D eigenvalue weighted by Crippen LogP contribution is -2.54. The molecule has 1 aliphatic rings. The third-order valence-corrected chi connectivity index (χ3v) is 4.77. The number of carbonyl (C=O) groups excluding carboxylic acids is 1. The summed E-state index contributed by atoms with van der Waals surface area (Å²) < 4.78 is 0. The van der Waals surface area contributed by atoms with Gasteiger partial charge in [0, 0.05) is 38.9 Å². The average Bonchev–Trinajstić information content (AvgIpc) is 2.69. The third kappa shape index (κ3) is 4.79. The van der Waals surface area contributed by atoms with Crippen LogP contribution in [-0.2, 0) is 11.2 Å². The molecular weight excluding hydrogens is 312 g/mol. The van der Waals surface area contributed by atoms with E-state index in [2.05, 4.69) is 32.2 Å². The number of nitrogens with one attached hydrogen (secondary N) is 1. The second kappa shape index (κ2) is 8.62. The molecule has 1 unspecified atom stereocenters. The van der Waals surface area contributed by atoms with Crippen molar-refractivity contribution >= 4 is 11.7 Å². The van der Waals surface area contributed by atoms with Gasteiger partial charge in [0.05, 0.1) is 6.04 Å². The van der Waals surface area contributed by atoms with Gasteiger partial charge in [0.2, 0.25) is 5.91 Å². The smallest absolute Gasteiger partial charge is 0.237 e. The van der Waals surface area contributed by atoms with Gasteiger partial charge in [0.15, 0.2) is 0 Å². The molecule has 0 aliphatic carbocycles. The molecule has 1 aromatic heterocycles. The quantitative estimate of drug-likeness (QED) is 0.875. The van der Waals surface area contributed by atoms with E-state index < -0.39 is 0 Å². The van der Waals surface area contributed by atoms with Crippen molar-refractivity contribution in [1.82, 2.24) is 15.2 Å². The number of aromatic nitrogens is 1. The zero-order valence-corrected chi connectivity index (χ0v) is 14.8. The molecule has 1 saturated heterocycles. The molecule has 0 saturated carbocycles. The molecule has 5 heteroatoms. The number of nitrogens with zero attached hydrogens (tertiary/aromatic N) is 3. The fourth-order valence-corrected chi connectivity index (χ4v) is 3.17. The molecule has 132 valence electrons. The molecular formula is C20H26N4O. The first-order valence-corrected chi connectivity index (χ1v) is 8.96. The molecule has 0 radical (unpaired) electrons. The molecule has 1 fully saturated rings. The minimum absolute atomic E-state index is 0.0957. The summed E-state index contributed by atoms with van der Waals surface area (Å²) in [5, 5.41) is 3.06. The van der Waals surface area contributed by atoms with Crippen LogP contribution < -0.4 is 10.2 Å². The van der Waals surface area contributed by atoms with Gasteiger partial charge in [-0.05, 0) is 31.0 Å². The molecule has 0 spiro atoms. The molecule has 1 atom stereocenters. The maximum absolute atomic E-state index is 12.4. The van der Waals surface area contributed by atoms with Crippen molar-refractivity contribution in [2.75, 3.05) is 37.6 Å². The maximum atomic E-state index is 12.4. The number of hydrogen-bond acceptors (Lipinski definition) is 4. The highest BCUT2D eigenvalue weighted by Gasteiger charge is 2.25. The first-order chi connectivity index (χ1) is 12.2. The first kappa shape index (κ1) is 17.4. The Morgan fingerprint density at radius 2 is 1.80 bits per heavy atom. The van der Waals surface area contributed by atoms with Crippen LogP contribution in [0.25, 0.3) is 0 Å². The number of hydrogen-bond donors (Lipinski definition) is 1. The van der Waals surface area contributed by atoms with Crippen LogP contribution in [0, 0.1) is 0 Å². The summed E-state index contributed by atoms with van der Waals surface area (Å²) >= 11 is 0. The van der Waals surface area contributed by atoms with Crippen molar-refractivity contribution in [1.29, 1.82) is 0 Å².